The van der Waals surface area contributed by atoms with Crippen molar-refractivity contribution in [3.8, 4) is 10.7 Å². The molecular weight excluding hydrogens is 363 g/mol. The molecule has 9 heteroatoms. The Morgan fingerprint density at radius 2 is 2.20 bits per heavy atom. The molecule has 0 aliphatic carbocycles. The number of hydrogen-bond acceptors (Lipinski definition) is 7. The van der Waals surface area contributed by atoms with Gasteiger partial charge in [0.25, 0.3) is 0 Å². The second kappa shape index (κ2) is 6.69. The van der Waals surface area contributed by atoms with Crippen molar-refractivity contribution in [3.05, 3.63) is 47.4 Å². The van der Waals surface area contributed by atoms with Gasteiger partial charge < -0.3 is 9.84 Å². The molecule has 3 heterocycles. The molecule has 0 saturated heterocycles. The van der Waals surface area contributed by atoms with Crippen molar-refractivity contribution in [1.82, 2.24) is 15.1 Å². The molecule has 126 valence electrons. The van der Waals surface area contributed by atoms with Gasteiger partial charge >= 0.3 is 0 Å². The average molecular weight is 374 g/mol. The Morgan fingerprint density at radius 3 is 3.04 bits per heavy atom. The maximum absolute atomic E-state index is 13.2. The van der Waals surface area contributed by atoms with Crippen molar-refractivity contribution < 1.29 is 13.7 Å². The monoisotopic (exact) mass is 374 g/mol. The Balaban J connectivity index is 1.37. The third kappa shape index (κ3) is 3.57. The molecule has 3 aromatic heterocycles. The van der Waals surface area contributed by atoms with Crippen LogP contribution in [0.4, 0.5) is 9.52 Å². The number of nitrogens with zero attached hydrogens (tertiary/aromatic N) is 3. The number of rotatable bonds is 5. The zero-order chi connectivity index (χ0) is 17.2. The van der Waals surface area contributed by atoms with E-state index in [0.29, 0.717) is 33.5 Å². The highest BCUT2D eigenvalue weighted by molar-refractivity contribution is 7.22. The normalized spacial score (nSPS) is 11.1. The van der Waals surface area contributed by atoms with Gasteiger partial charge in [-0.25, -0.2) is 9.37 Å². The fourth-order valence-electron chi connectivity index (χ4n) is 2.22. The van der Waals surface area contributed by atoms with Gasteiger partial charge in [-0.3, -0.25) is 4.79 Å². The number of thiazole rings is 1. The summed E-state index contributed by atoms with van der Waals surface area (Å²) < 4.78 is 19.0. The van der Waals surface area contributed by atoms with Crippen LogP contribution >= 0.6 is 22.7 Å². The van der Waals surface area contributed by atoms with Crippen LogP contribution in [0.25, 0.3) is 20.9 Å². The van der Waals surface area contributed by atoms with Gasteiger partial charge in [0.2, 0.25) is 17.6 Å². The number of hydrogen-bond donors (Lipinski definition) is 1. The molecule has 0 radical (unpaired) electrons. The van der Waals surface area contributed by atoms with E-state index in [0.717, 1.165) is 4.88 Å². The number of fused-ring (bicyclic) bond motifs is 1. The predicted molar refractivity (Wildman–Crippen MR) is 94.1 cm³/mol. The lowest BCUT2D eigenvalue weighted by Crippen LogP contribution is -2.12. The first-order chi connectivity index (χ1) is 12.2. The SMILES string of the molecule is O=C(CCc1nc(-c2cccs2)no1)Nc1nc2ccc(F)cc2s1. The van der Waals surface area contributed by atoms with Crippen LogP contribution in [0.2, 0.25) is 0 Å². The predicted octanol–water partition coefficient (Wildman–Crippen LogP) is 4.12. The smallest absolute Gasteiger partial charge is 0.227 e. The van der Waals surface area contributed by atoms with Crippen LogP contribution in [0, 0.1) is 5.82 Å². The Bertz CT molecular complexity index is 1030. The number of anilines is 1. The summed E-state index contributed by atoms with van der Waals surface area (Å²) in [6, 6.07) is 8.14. The van der Waals surface area contributed by atoms with E-state index in [1.54, 1.807) is 6.07 Å². The molecule has 0 atom stereocenters. The summed E-state index contributed by atoms with van der Waals surface area (Å²) in [7, 11) is 0. The zero-order valence-corrected chi connectivity index (χ0v) is 14.4. The van der Waals surface area contributed by atoms with E-state index in [2.05, 4.69) is 20.4 Å². The molecule has 4 aromatic rings. The molecule has 0 unspecified atom stereocenters. The molecule has 4 rings (SSSR count). The topological polar surface area (TPSA) is 80.9 Å². The quantitative estimate of drug-likeness (QED) is 0.568. The van der Waals surface area contributed by atoms with Crippen LogP contribution in [-0.2, 0) is 11.2 Å². The highest BCUT2D eigenvalue weighted by Gasteiger charge is 2.13. The van der Waals surface area contributed by atoms with E-state index in [4.69, 9.17) is 4.52 Å². The number of carbonyl (C=O) groups excluding carboxylic acids is 1. The molecule has 1 N–H and O–H groups in total. The van der Waals surface area contributed by atoms with Crippen LogP contribution in [0.3, 0.4) is 0 Å². The first kappa shape index (κ1) is 15.9. The number of carbonyl (C=O) groups is 1. The van der Waals surface area contributed by atoms with Crippen LogP contribution in [0.15, 0.2) is 40.2 Å². The van der Waals surface area contributed by atoms with Crippen LogP contribution < -0.4 is 5.32 Å². The molecule has 1 aromatic carbocycles. The van der Waals surface area contributed by atoms with Gasteiger partial charge in [-0.2, -0.15) is 4.98 Å². The molecular formula is C16H11FN4O2S2. The molecule has 0 aliphatic heterocycles. The minimum Gasteiger partial charge on any atom is -0.339 e. The van der Waals surface area contributed by atoms with E-state index in [1.807, 2.05) is 17.5 Å². The highest BCUT2D eigenvalue weighted by Crippen LogP contribution is 2.26. The van der Waals surface area contributed by atoms with E-state index in [1.165, 1.54) is 34.8 Å². The number of halogens is 1. The molecule has 1 amide bonds. The first-order valence-electron chi connectivity index (χ1n) is 7.40. The second-order valence-corrected chi connectivity index (χ2v) is 7.15. The maximum Gasteiger partial charge on any atom is 0.227 e. The Hall–Kier alpha value is -2.65. The fourth-order valence-corrected chi connectivity index (χ4v) is 3.77. The average Bonchev–Trinajstić information content (AvgIpc) is 3.32. The van der Waals surface area contributed by atoms with Crippen molar-refractivity contribution in [2.45, 2.75) is 12.8 Å². The number of nitrogens with one attached hydrogen (secondary N) is 1. The number of thiophene rings is 1. The largest absolute Gasteiger partial charge is 0.339 e. The second-order valence-electron chi connectivity index (χ2n) is 5.17. The van der Waals surface area contributed by atoms with E-state index in [-0.39, 0.29) is 18.1 Å². The van der Waals surface area contributed by atoms with Crippen molar-refractivity contribution in [2.24, 2.45) is 0 Å². The molecule has 6 nitrogen and oxygen atoms in total. The van der Waals surface area contributed by atoms with Crippen molar-refractivity contribution >= 4 is 43.9 Å². The summed E-state index contributed by atoms with van der Waals surface area (Å²) in [5.74, 6) is 0.394. The minimum atomic E-state index is -0.327. The van der Waals surface area contributed by atoms with Crippen molar-refractivity contribution in [1.29, 1.82) is 0 Å². The Morgan fingerprint density at radius 1 is 1.28 bits per heavy atom. The van der Waals surface area contributed by atoms with Gasteiger partial charge in [0.15, 0.2) is 5.13 Å². The summed E-state index contributed by atoms with van der Waals surface area (Å²) in [6.07, 6.45) is 0.528. The van der Waals surface area contributed by atoms with Gasteiger partial charge in [0.05, 0.1) is 15.1 Å². The number of aromatic nitrogens is 3. The summed E-state index contributed by atoms with van der Waals surface area (Å²) >= 11 is 2.75. The van der Waals surface area contributed by atoms with Gasteiger partial charge in [-0.05, 0) is 29.6 Å². The molecule has 0 aliphatic rings. The lowest BCUT2D eigenvalue weighted by atomic mass is 10.3. The Labute approximate surface area is 149 Å². The summed E-state index contributed by atoms with van der Waals surface area (Å²) in [6.45, 7) is 0. The van der Waals surface area contributed by atoms with Crippen molar-refractivity contribution in [2.75, 3.05) is 5.32 Å². The fraction of sp³-hybridized carbons (Fsp3) is 0.125. The summed E-state index contributed by atoms with van der Waals surface area (Å²) in [5, 5.41) is 8.99. The number of benzene rings is 1. The van der Waals surface area contributed by atoms with Gasteiger partial charge in [-0.1, -0.05) is 22.6 Å². The lowest BCUT2D eigenvalue weighted by molar-refractivity contribution is -0.116. The van der Waals surface area contributed by atoms with E-state index >= 15 is 0 Å². The van der Waals surface area contributed by atoms with Crippen molar-refractivity contribution in [3.63, 3.8) is 0 Å². The van der Waals surface area contributed by atoms with E-state index in [9.17, 15) is 9.18 Å². The highest BCUT2D eigenvalue weighted by atomic mass is 32.1. The lowest BCUT2D eigenvalue weighted by Gasteiger charge is -1.98. The third-order valence-corrected chi connectivity index (χ3v) is 5.17. The van der Waals surface area contributed by atoms with Gasteiger partial charge in [0, 0.05) is 12.8 Å². The number of amides is 1. The van der Waals surface area contributed by atoms with Crippen LogP contribution in [0.5, 0.6) is 0 Å². The third-order valence-electron chi connectivity index (χ3n) is 3.37. The summed E-state index contributed by atoms with van der Waals surface area (Å²) in [5.41, 5.74) is 0.652. The molecule has 25 heavy (non-hydrogen) atoms. The molecule has 0 bridgehead atoms. The molecule has 0 fully saturated rings. The first-order valence-corrected chi connectivity index (χ1v) is 9.09. The van der Waals surface area contributed by atoms with Gasteiger partial charge in [-0.15, -0.1) is 11.3 Å². The summed E-state index contributed by atoms with van der Waals surface area (Å²) in [4.78, 5) is 21.5. The van der Waals surface area contributed by atoms with E-state index < -0.39 is 0 Å². The van der Waals surface area contributed by atoms with Crippen LogP contribution in [-0.4, -0.2) is 21.0 Å². The van der Waals surface area contributed by atoms with Gasteiger partial charge in [0.1, 0.15) is 5.82 Å². The maximum atomic E-state index is 13.2. The zero-order valence-electron chi connectivity index (χ0n) is 12.7. The number of aryl methyl sites for hydroxylation is 1. The van der Waals surface area contributed by atoms with Crippen LogP contribution in [0.1, 0.15) is 12.3 Å². The minimum absolute atomic E-state index is 0.191. The Kier molecular flexibility index (Phi) is 4.24. The molecule has 0 saturated carbocycles. The molecule has 0 spiro atoms. The standard InChI is InChI=1S/C16H11FN4O2S2/c17-9-3-4-10-12(8-9)25-16(18-10)19-13(22)5-6-14-20-15(21-23-14)11-2-1-7-24-11/h1-4,7-8H,5-6H2,(H,18,19,22).